The van der Waals surface area contributed by atoms with Crippen LogP contribution < -0.4 is 14.8 Å². The standard InChI is InChI=1S/C19H18N4O4/c1-12-2-4-13(5-3-12)16(24)10-23-9-15(21-22-23)19(25)20-14-6-7-17-18(8-14)27-11-26-17/h2-9,16,24H,10-11H2,1H3,(H,20,25)/t16-/m0/s1. The van der Waals surface area contributed by atoms with Crippen LogP contribution in [0.2, 0.25) is 0 Å². The smallest absolute Gasteiger partial charge is 0.277 e. The Morgan fingerprint density at radius 1 is 1.22 bits per heavy atom. The molecule has 8 heteroatoms. The van der Waals surface area contributed by atoms with Crippen molar-refractivity contribution in [3.8, 4) is 11.5 Å². The highest BCUT2D eigenvalue weighted by molar-refractivity contribution is 6.02. The van der Waals surface area contributed by atoms with Gasteiger partial charge in [0, 0.05) is 11.8 Å². The van der Waals surface area contributed by atoms with Crippen molar-refractivity contribution in [2.45, 2.75) is 19.6 Å². The van der Waals surface area contributed by atoms with Crippen LogP contribution in [0.25, 0.3) is 0 Å². The Kier molecular flexibility index (Phi) is 4.47. The first-order chi connectivity index (χ1) is 13.1. The predicted octanol–water partition coefficient (Wildman–Crippen LogP) is 2.30. The molecule has 0 spiro atoms. The fraction of sp³-hybridized carbons (Fsp3) is 0.211. The number of ether oxygens (including phenoxy) is 2. The van der Waals surface area contributed by atoms with Crippen LogP contribution in [0.3, 0.4) is 0 Å². The van der Waals surface area contributed by atoms with Gasteiger partial charge in [0.2, 0.25) is 6.79 Å². The maximum Gasteiger partial charge on any atom is 0.277 e. The molecular weight excluding hydrogens is 348 g/mol. The predicted molar refractivity (Wildman–Crippen MR) is 96.7 cm³/mol. The minimum absolute atomic E-state index is 0.156. The van der Waals surface area contributed by atoms with E-state index in [0.717, 1.165) is 11.1 Å². The Balaban J connectivity index is 1.41. The number of nitrogens with zero attached hydrogens (tertiary/aromatic N) is 3. The molecule has 2 heterocycles. The number of amides is 1. The third-order valence-electron chi connectivity index (χ3n) is 4.22. The van der Waals surface area contributed by atoms with E-state index in [1.54, 1.807) is 18.2 Å². The Morgan fingerprint density at radius 2 is 2.00 bits per heavy atom. The third kappa shape index (κ3) is 3.75. The average molecular weight is 366 g/mol. The summed E-state index contributed by atoms with van der Waals surface area (Å²) in [6.45, 7) is 2.36. The average Bonchev–Trinajstić information content (AvgIpc) is 3.31. The fourth-order valence-electron chi connectivity index (χ4n) is 2.73. The molecule has 1 atom stereocenters. The molecule has 138 valence electrons. The van der Waals surface area contributed by atoms with Gasteiger partial charge in [-0.3, -0.25) is 4.79 Å². The minimum atomic E-state index is -0.739. The van der Waals surface area contributed by atoms with Gasteiger partial charge in [-0.05, 0) is 24.6 Å². The van der Waals surface area contributed by atoms with E-state index in [4.69, 9.17) is 9.47 Å². The monoisotopic (exact) mass is 366 g/mol. The molecule has 2 aromatic carbocycles. The van der Waals surface area contributed by atoms with Gasteiger partial charge in [-0.15, -0.1) is 5.10 Å². The van der Waals surface area contributed by atoms with Crippen molar-refractivity contribution in [3.63, 3.8) is 0 Å². The Labute approximate surface area is 155 Å². The molecule has 1 aliphatic rings. The minimum Gasteiger partial charge on any atom is -0.454 e. The molecule has 1 aromatic heterocycles. The van der Waals surface area contributed by atoms with Crippen molar-refractivity contribution in [2.75, 3.05) is 12.1 Å². The summed E-state index contributed by atoms with van der Waals surface area (Å²) in [7, 11) is 0. The SMILES string of the molecule is Cc1ccc([C@@H](O)Cn2cc(C(=O)Nc3ccc4c(c3)OCO4)nn2)cc1. The quantitative estimate of drug-likeness (QED) is 0.719. The van der Waals surface area contributed by atoms with Gasteiger partial charge < -0.3 is 19.9 Å². The van der Waals surface area contributed by atoms with Crippen LogP contribution in [0, 0.1) is 6.92 Å². The lowest BCUT2D eigenvalue weighted by Crippen LogP contribution is -2.12. The summed E-state index contributed by atoms with van der Waals surface area (Å²) < 4.78 is 12.0. The van der Waals surface area contributed by atoms with Gasteiger partial charge in [0.25, 0.3) is 5.91 Å². The summed E-state index contributed by atoms with van der Waals surface area (Å²) in [5, 5.41) is 20.9. The van der Waals surface area contributed by atoms with Crippen LogP contribution in [0.4, 0.5) is 5.69 Å². The van der Waals surface area contributed by atoms with Crippen LogP contribution in [0.5, 0.6) is 11.5 Å². The van der Waals surface area contributed by atoms with Crippen LogP contribution in [0.15, 0.2) is 48.7 Å². The molecule has 2 N–H and O–H groups in total. The van der Waals surface area contributed by atoms with Crippen molar-refractivity contribution >= 4 is 11.6 Å². The number of fused-ring (bicyclic) bond motifs is 1. The molecule has 1 amide bonds. The largest absolute Gasteiger partial charge is 0.454 e. The molecule has 0 saturated heterocycles. The van der Waals surface area contributed by atoms with E-state index >= 15 is 0 Å². The lowest BCUT2D eigenvalue weighted by Gasteiger charge is -2.10. The highest BCUT2D eigenvalue weighted by Gasteiger charge is 2.17. The van der Waals surface area contributed by atoms with E-state index in [1.165, 1.54) is 10.9 Å². The second-order valence-electron chi connectivity index (χ2n) is 6.27. The maximum atomic E-state index is 12.4. The third-order valence-corrected chi connectivity index (χ3v) is 4.22. The van der Waals surface area contributed by atoms with E-state index < -0.39 is 12.0 Å². The molecule has 0 saturated carbocycles. The second-order valence-corrected chi connectivity index (χ2v) is 6.27. The summed E-state index contributed by atoms with van der Waals surface area (Å²) in [4.78, 5) is 12.4. The number of hydrogen-bond donors (Lipinski definition) is 2. The summed E-state index contributed by atoms with van der Waals surface area (Å²) in [5.74, 6) is 0.826. The Hall–Kier alpha value is -3.39. The molecule has 3 aromatic rings. The van der Waals surface area contributed by atoms with E-state index in [1.807, 2.05) is 31.2 Å². The number of aryl methyl sites for hydroxylation is 1. The zero-order valence-corrected chi connectivity index (χ0v) is 14.6. The van der Waals surface area contributed by atoms with Crippen LogP contribution in [-0.2, 0) is 6.54 Å². The Bertz CT molecular complexity index is 968. The normalized spacial score (nSPS) is 13.4. The van der Waals surface area contributed by atoms with Crippen molar-refractivity contribution in [1.82, 2.24) is 15.0 Å². The molecule has 4 rings (SSSR count). The number of aromatic nitrogens is 3. The molecule has 0 aliphatic carbocycles. The molecule has 0 radical (unpaired) electrons. The van der Waals surface area contributed by atoms with E-state index in [-0.39, 0.29) is 19.0 Å². The van der Waals surface area contributed by atoms with Gasteiger partial charge in [0.1, 0.15) is 0 Å². The number of carbonyl (C=O) groups excluding carboxylic acids is 1. The second kappa shape index (κ2) is 7.08. The summed E-state index contributed by atoms with van der Waals surface area (Å²) in [5.41, 5.74) is 2.62. The number of aliphatic hydroxyl groups is 1. The van der Waals surface area contributed by atoms with Crippen LogP contribution in [0.1, 0.15) is 27.7 Å². The van der Waals surface area contributed by atoms with E-state index in [2.05, 4.69) is 15.6 Å². The number of anilines is 1. The highest BCUT2D eigenvalue weighted by atomic mass is 16.7. The lowest BCUT2D eigenvalue weighted by atomic mass is 10.1. The van der Waals surface area contributed by atoms with Gasteiger partial charge in [0.05, 0.1) is 18.8 Å². The van der Waals surface area contributed by atoms with Crippen molar-refractivity contribution in [3.05, 3.63) is 65.5 Å². The summed E-state index contributed by atoms with van der Waals surface area (Å²) in [6, 6.07) is 12.7. The van der Waals surface area contributed by atoms with Crippen molar-refractivity contribution in [1.29, 1.82) is 0 Å². The summed E-state index contributed by atoms with van der Waals surface area (Å²) >= 11 is 0. The molecule has 0 bridgehead atoms. The van der Waals surface area contributed by atoms with Gasteiger partial charge in [-0.2, -0.15) is 0 Å². The number of rotatable bonds is 5. The molecule has 8 nitrogen and oxygen atoms in total. The molecule has 27 heavy (non-hydrogen) atoms. The fourth-order valence-corrected chi connectivity index (χ4v) is 2.73. The van der Waals surface area contributed by atoms with Gasteiger partial charge in [0.15, 0.2) is 17.2 Å². The van der Waals surface area contributed by atoms with E-state index in [9.17, 15) is 9.90 Å². The van der Waals surface area contributed by atoms with Crippen LogP contribution in [-0.4, -0.2) is 32.8 Å². The number of hydrogen-bond acceptors (Lipinski definition) is 6. The first-order valence-corrected chi connectivity index (χ1v) is 8.44. The highest BCUT2D eigenvalue weighted by Crippen LogP contribution is 2.34. The number of aliphatic hydroxyl groups excluding tert-OH is 1. The molecule has 0 fully saturated rings. The number of carbonyl (C=O) groups is 1. The zero-order valence-electron chi connectivity index (χ0n) is 14.6. The van der Waals surface area contributed by atoms with Crippen molar-refractivity contribution < 1.29 is 19.4 Å². The summed E-state index contributed by atoms with van der Waals surface area (Å²) in [6.07, 6.45) is 0.761. The Morgan fingerprint density at radius 3 is 2.81 bits per heavy atom. The lowest BCUT2D eigenvalue weighted by molar-refractivity contribution is 0.102. The topological polar surface area (TPSA) is 98.5 Å². The number of benzene rings is 2. The zero-order chi connectivity index (χ0) is 18.8. The maximum absolute atomic E-state index is 12.4. The van der Waals surface area contributed by atoms with Crippen molar-refractivity contribution in [2.24, 2.45) is 0 Å². The number of nitrogens with one attached hydrogen (secondary N) is 1. The van der Waals surface area contributed by atoms with E-state index in [0.29, 0.717) is 17.2 Å². The molecule has 1 aliphatic heterocycles. The van der Waals surface area contributed by atoms with Gasteiger partial charge in [-0.25, -0.2) is 4.68 Å². The first-order valence-electron chi connectivity index (χ1n) is 8.44. The molecular formula is C19H18N4O4. The van der Waals surface area contributed by atoms with Crippen LogP contribution >= 0.6 is 0 Å². The molecule has 0 unspecified atom stereocenters. The first kappa shape index (κ1) is 17.0. The van der Waals surface area contributed by atoms with Gasteiger partial charge in [-0.1, -0.05) is 35.0 Å². The van der Waals surface area contributed by atoms with Gasteiger partial charge >= 0.3 is 0 Å².